The molecule has 1 aromatic rings. The summed E-state index contributed by atoms with van der Waals surface area (Å²) >= 11 is 0. The van der Waals surface area contributed by atoms with Gasteiger partial charge in [-0.3, -0.25) is 5.09 Å². The molecule has 6 atom stereocenters. The molecule has 1 heterocycles. The van der Waals surface area contributed by atoms with Crippen molar-refractivity contribution in [3.63, 3.8) is 0 Å². The Balaban J connectivity index is 0.00000312. The largest absolute Gasteiger partial charge is 1.00 e. The fraction of sp³-hybridized carbons (Fsp3) is 0.600. The van der Waals surface area contributed by atoms with Crippen molar-refractivity contribution in [3.8, 4) is 0 Å². The summed E-state index contributed by atoms with van der Waals surface area (Å²) in [5, 5.41) is 22.6. The average molecular weight is 383 g/mol. The zero-order valence-electron chi connectivity index (χ0n) is 14.6. The van der Waals surface area contributed by atoms with Crippen molar-refractivity contribution in [2.45, 2.75) is 37.3 Å². The van der Waals surface area contributed by atoms with Gasteiger partial charge in [0.2, 0.25) is 0 Å². The molecule has 2 rings (SSSR count). The molecule has 0 spiro atoms. The SMILES string of the molecule is CO[C@@H]1O[C@H](COCc2ccccc2)[C@@H](O)[C@H](O)[C@H]1NP(C)(=O)[O-].[Na+]. The van der Waals surface area contributed by atoms with E-state index in [1.807, 2.05) is 30.3 Å². The van der Waals surface area contributed by atoms with E-state index in [1.165, 1.54) is 7.11 Å². The predicted octanol–water partition coefficient (Wildman–Crippen LogP) is -3.56. The van der Waals surface area contributed by atoms with Gasteiger partial charge < -0.3 is 33.9 Å². The van der Waals surface area contributed by atoms with Gasteiger partial charge in [0.1, 0.15) is 18.3 Å². The maximum atomic E-state index is 11.4. The second kappa shape index (κ2) is 10.5. The van der Waals surface area contributed by atoms with E-state index in [0.29, 0.717) is 6.61 Å². The summed E-state index contributed by atoms with van der Waals surface area (Å²) in [7, 11) is -2.56. The molecule has 25 heavy (non-hydrogen) atoms. The van der Waals surface area contributed by atoms with Crippen LogP contribution < -0.4 is 39.5 Å². The van der Waals surface area contributed by atoms with E-state index in [0.717, 1.165) is 12.2 Å². The van der Waals surface area contributed by atoms with Crippen LogP contribution in [0.15, 0.2) is 30.3 Å². The molecular weight excluding hydrogens is 360 g/mol. The Morgan fingerprint density at radius 1 is 1.28 bits per heavy atom. The molecule has 0 saturated carbocycles. The van der Waals surface area contributed by atoms with Crippen LogP contribution in [-0.4, -0.2) is 61.2 Å². The Labute approximate surface area is 169 Å². The molecule has 3 N–H and O–H groups in total. The fourth-order valence-electron chi connectivity index (χ4n) is 2.55. The summed E-state index contributed by atoms with van der Waals surface area (Å²) < 4.78 is 27.6. The molecule has 0 aromatic heterocycles. The molecule has 0 radical (unpaired) electrons. The van der Waals surface area contributed by atoms with Gasteiger partial charge in [0.05, 0.1) is 26.8 Å². The van der Waals surface area contributed by atoms with Crippen LogP contribution in [0.25, 0.3) is 0 Å². The van der Waals surface area contributed by atoms with Gasteiger partial charge in [-0.2, -0.15) is 0 Å². The topological polar surface area (TPSA) is 120 Å². The number of ether oxygens (including phenoxy) is 3. The first-order valence-electron chi connectivity index (χ1n) is 7.54. The molecule has 1 saturated heterocycles. The van der Waals surface area contributed by atoms with Crippen LogP contribution in [0.2, 0.25) is 0 Å². The first-order valence-corrected chi connectivity index (χ1v) is 9.61. The number of rotatable bonds is 7. The monoisotopic (exact) mass is 383 g/mol. The minimum Gasteiger partial charge on any atom is -0.788 e. The van der Waals surface area contributed by atoms with Crippen molar-refractivity contribution in [2.75, 3.05) is 20.4 Å². The number of nitrogens with one attached hydrogen (secondary N) is 1. The van der Waals surface area contributed by atoms with E-state index in [-0.39, 0.29) is 36.2 Å². The van der Waals surface area contributed by atoms with E-state index in [2.05, 4.69) is 5.09 Å². The van der Waals surface area contributed by atoms with E-state index in [1.54, 1.807) is 0 Å². The summed E-state index contributed by atoms with van der Waals surface area (Å²) in [6.45, 7) is 1.34. The average Bonchev–Trinajstić information content (AvgIpc) is 2.54. The standard InChI is InChI=1S/C15H24NO7P.Na/c1-21-15-12(16-24(2,19)20)14(18)13(17)11(23-15)9-22-8-10-6-4-3-5-7-10;/h3-7,11-15,17-18H,8-9H2,1-2H3,(H2,16,19,20);/q;+1/p-1/t11-,12-,13-,14-,15-;/m1./s1. The Morgan fingerprint density at radius 3 is 2.48 bits per heavy atom. The quantitative estimate of drug-likeness (QED) is 0.327. The molecule has 1 unspecified atom stereocenters. The van der Waals surface area contributed by atoms with Gasteiger partial charge in [-0.05, 0) is 12.2 Å². The zero-order valence-corrected chi connectivity index (χ0v) is 17.5. The summed E-state index contributed by atoms with van der Waals surface area (Å²) in [5.74, 6) is 0. The van der Waals surface area contributed by atoms with Gasteiger partial charge in [-0.25, -0.2) is 0 Å². The number of hydrogen-bond acceptors (Lipinski definition) is 7. The molecule has 0 bridgehead atoms. The smallest absolute Gasteiger partial charge is 0.788 e. The summed E-state index contributed by atoms with van der Waals surface area (Å²) in [5.41, 5.74) is 0.962. The van der Waals surface area contributed by atoms with Crippen molar-refractivity contribution >= 4 is 7.52 Å². The summed E-state index contributed by atoms with van der Waals surface area (Å²) in [4.78, 5) is 11.4. The van der Waals surface area contributed by atoms with Crippen LogP contribution in [0.4, 0.5) is 0 Å². The third-order valence-corrected chi connectivity index (χ3v) is 4.48. The Hall–Kier alpha value is 0.170. The van der Waals surface area contributed by atoms with Crippen molar-refractivity contribution in [1.82, 2.24) is 5.09 Å². The third kappa shape index (κ3) is 7.01. The summed E-state index contributed by atoms with van der Waals surface area (Å²) in [6.07, 6.45) is -4.56. The minimum absolute atomic E-state index is 0. The molecular formula is C15H23NNaO7P. The van der Waals surface area contributed by atoms with Gasteiger partial charge in [-0.15, -0.1) is 0 Å². The molecule has 1 fully saturated rings. The molecule has 1 aromatic carbocycles. The maximum absolute atomic E-state index is 11.4. The fourth-order valence-corrected chi connectivity index (χ4v) is 3.36. The second-order valence-electron chi connectivity index (χ2n) is 5.76. The van der Waals surface area contributed by atoms with Gasteiger partial charge >= 0.3 is 29.6 Å². The van der Waals surface area contributed by atoms with Crippen LogP contribution in [0.5, 0.6) is 0 Å². The molecule has 1 aliphatic heterocycles. The number of aliphatic hydroxyl groups is 2. The van der Waals surface area contributed by atoms with Crippen molar-refractivity contribution < 1.29 is 63.4 Å². The third-order valence-electron chi connectivity index (χ3n) is 3.71. The molecule has 0 aliphatic carbocycles. The van der Waals surface area contributed by atoms with Crippen molar-refractivity contribution in [1.29, 1.82) is 0 Å². The predicted molar refractivity (Wildman–Crippen MR) is 84.2 cm³/mol. The van der Waals surface area contributed by atoms with Crippen LogP contribution in [-0.2, 0) is 25.4 Å². The van der Waals surface area contributed by atoms with Gasteiger partial charge in [-0.1, -0.05) is 30.3 Å². The molecule has 10 heteroatoms. The van der Waals surface area contributed by atoms with E-state index >= 15 is 0 Å². The Bertz CT molecular complexity index is 556. The van der Waals surface area contributed by atoms with E-state index in [4.69, 9.17) is 14.2 Å². The van der Waals surface area contributed by atoms with E-state index < -0.39 is 38.2 Å². The number of benzene rings is 1. The number of methoxy groups -OCH3 is 1. The van der Waals surface area contributed by atoms with Crippen LogP contribution in [0.3, 0.4) is 0 Å². The second-order valence-corrected chi connectivity index (χ2v) is 7.71. The van der Waals surface area contributed by atoms with E-state index in [9.17, 15) is 19.7 Å². The first-order chi connectivity index (χ1) is 11.3. The van der Waals surface area contributed by atoms with Crippen LogP contribution >= 0.6 is 7.52 Å². The number of aliphatic hydroxyl groups excluding tert-OH is 2. The maximum Gasteiger partial charge on any atom is 1.00 e. The van der Waals surface area contributed by atoms with Crippen LogP contribution in [0.1, 0.15) is 5.56 Å². The van der Waals surface area contributed by atoms with Crippen LogP contribution in [0, 0.1) is 0 Å². The minimum atomic E-state index is -3.89. The molecule has 8 nitrogen and oxygen atoms in total. The summed E-state index contributed by atoms with van der Waals surface area (Å²) in [6, 6.07) is 8.38. The van der Waals surface area contributed by atoms with Crippen molar-refractivity contribution in [2.24, 2.45) is 0 Å². The number of hydrogen-bond donors (Lipinski definition) is 3. The normalized spacial score (nSPS) is 31.8. The Morgan fingerprint density at radius 2 is 1.92 bits per heavy atom. The van der Waals surface area contributed by atoms with Gasteiger partial charge in [0, 0.05) is 7.11 Å². The molecule has 0 amide bonds. The Kier molecular flexibility index (Phi) is 9.74. The van der Waals surface area contributed by atoms with Gasteiger partial charge in [0.25, 0.3) is 0 Å². The van der Waals surface area contributed by atoms with Crippen molar-refractivity contribution in [3.05, 3.63) is 35.9 Å². The first kappa shape index (κ1) is 23.2. The molecule has 136 valence electrons. The molecule has 1 aliphatic rings. The van der Waals surface area contributed by atoms with Gasteiger partial charge in [0.15, 0.2) is 6.29 Å². The zero-order chi connectivity index (χ0) is 17.7.